The van der Waals surface area contributed by atoms with E-state index in [-0.39, 0.29) is 6.10 Å². The summed E-state index contributed by atoms with van der Waals surface area (Å²) in [7, 11) is 0. The molecule has 10 heteroatoms. The molecule has 7 N–H and O–H groups in total. The minimum absolute atomic E-state index is 0.212. The normalized spacial score (nSPS) is 35.5. The SMILES string of the molecule is OC[C@H]1O[C@@H](Nc2c(Br)cc(Br)cc2CNC2CCC(O)CC2)[C@H](O)[C@@H](O)[C@@H]1O. The molecule has 1 aliphatic carbocycles. The molecule has 1 aromatic rings. The Labute approximate surface area is 186 Å². The van der Waals surface area contributed by atoms with E-state index in [0.717, 1.165) is 40.2 Å². The van der Waals surface area contributed by atoms with Crippen molar-refractivity contribution < 1.29 is 30.3 Å². The third kappa shape index (κ3) is 5.69. The molecule has 0 radical (unpaired) electrons. The Morgan fingerprint density at radius 3 is 2.31 bits per heavy atom. The highest BCUT2D eigenvalue weighted by molar-refractivity contribution is 9.11. The summed E-state index contributed by atoms with van der Waals surface area (Å²) in [5, 5.41) is 56.0. The van der Waals surface area contributed by atoms with Gasteiger partial charge in [-0.15, -0.1) is 0 Å². The van der Waals surface area contributed by atoms with Crippen LogP contribution in [0, 0.1) is 0 Å². The first-order chi connectivity index (χ1) is 13.8. The van der Waals surface area contributed by atoms with Crippen LogP contribution in [0.3, 0.4) is 0 Å². The van der Waals surface area contributed by atoms with Gasteiger partial charge in [0.15, 0.2) is 6.23 Å². The number of aliphatic hydroxyl groups is 5. The van der Waals surface area contributed by atoms with Crippen LogP contribution < -0.4 is 10.6 Å². The van der Waals surface area contributed by atoms with E-state index in [1.807, 2.05) is 12.1 Å². The van der Waals surface area contributed by atoms with Crippen molar-refractivity contribution in [2.24, 2.45) is 0 Å². The summed E-state index contributed by atoms with van der Waals surface area (Å²) in [5.41, 5.74) is 1.59. The van der Waals surface area contributed by atoms with Gasteiger partial charge in [0.1, 0.15) is 24.4 Å². The maximum Gasteiger partial charge on any atom is 0.157 e. The lowest BCUT2D eigenvalue weighted by atomic mass is 9.93. The van der Waals surface area contributed by atoms with E-state index >= 15 is 0 Å². The maximum absolute atomic E-state index is 10.3. The molecule has 1 aromatic carbocycles. The number of aliphatic hydroxyl groups excluding tert-OH is 5. The third-order valence-electron chi connectivity index (χ3n) is 5.59. The van der Waals surface area contributed by atoms with Gasteiger partial charge in [-0.2, -0.15) is 0 Å². The van der Waals surface area contributed by atoms with Gasteiger partial charge in [-0.05, 0) is 59.3 Å². The zero-order valence-corrected chi connectivity index (χ0v) is 19.0. The van der Waals surface area contributed by atoms with E-state index in [1.54, 1.807) is 0 Å². The molecule has 5 atom stereocenters. The lowest BCUT2D eigenvalue weighted by molar-refractivity contribution is -0.221. The summed E-state index contributed by atoms with van der Waals surface area (Å²) in [6.45, 7) is 0.0745. The van der Waals surface area contributed by atoms with Crippen LogP contribution >= 0.6 is 31.9 Å². The molecule has 1 saturated carbocycles. The Morgan fingerprint density at radius 1 is 0.966 bits per heavy atom. The van der Waals surface area contributed by atoms with Crippen molar-refractivity contribution in [3.8, 4) is 0 Å². The van der Waals surface area contributed by atoms with Crippen LogP contribution in [-0.4, -0.2) is 74.9 Å². The van der Waals surface area contributed by atoms with E-state index in [4.69, 9.17) is 4.74 Å². The first-order valence-corrected chi connectivity index (χ1v) is 11.3. The number of ether oxygens (including phenoxy) is 1. The molecule has 0 bridgehead atoms. The number of hydrogen-bond acceptors (Lipinski definition) is 8. The minimum atomic E-state index is -1.44. The Kier molecular flexibility index (Phi) is 8.33. The van der Waals surface area contributed by atoms with Crippen LogP contribution in [0.5, 0.6) is 0 Å². The summed E-state index contributed by atoms with van der Waals surface area (Å²) in [5.74, 6) is 0. The second-order valence-corrected chi connectivity index (χ2v) is 9.47. The van der Waals surface area contributed by atoms with Crippen LogP contribution in [0.25, 0.3) is 0 Å². The van der Waals surface area contributed by atoms with Gasteiger partial charge in [0.05, 0.1) is 18.4 Å². The molecule has 29 heavy (non-hydrogen) atoms. The van der Waals surface area contributed by atoms with Gasteiger partial charge in [0, 0.05) is 21.5 Å². The first kappa shape index (κ1) is 23.4. The monoisotopic (exact) mass is 538 g/mol. The van der Waals surface area contributed by atoms with Crippen molar-refractivity contribution in [2.75, 3.05) is 11.9 Å². The smallest absolute Gasteiger partial charge is 0.157 e. The van der Waals surface area contributed by atoms with Crippen LogP contribution in [0.2, 0.25) is 0 Å². The van der Waals surface area contributed by atoms with Crippen LogP contribution in [0.4, 0.5) is 5.69 Å². The maximum atomic E-state index is 10.3. The highest BCUT2D eigenvalue weighted by Crippen LogP contribution is 2.33. The molecule has 0 aromatic heterocycles. The zero-order chi connectivity index (χ0) is 21.1. The van der Waals surface area contributed by atoms with Crippen molar-refractivity contribution in [1.29, 1.82) is 0 Å². The topological polar surface area (TPSA) is 134 Å². The van der Waals surface area contributed by atoms with Crippen LogP contribution in [0.15, 0.2) is 21.1 Å². The summed E-state index contributed by atoms with van der Waals surface area (Å²) in [6, 6.07) is 4.12. The van der Waals surface area contributed by atoms with Gasteiger partial charge in [0.2, 0.25) is 0 Å². The number of nitrogens with one attached hydrogen (secondary N) is 2. The highest BCUT2D eigenvalue weighted by atomic mass is 79.9. The zero-order valence-electron chi connectivity index (χ0n) is 15.8. The lowest BCUT2D eigenvalue weighted by Crippen LogP contribution is -2.60. The van der Waals surface area contributed by atoms with Crippen molar-refractivity contribution in [3.05, 3.63) is 26.6 Å². The van der Waals surface area contributed by atoms with E-state index in [0.29, 0.717) is 18.3 Å². The molecule has 1 heterocycles. The molecule has 2 aliphatic rings. The molecule has 0 unspecified atom stereocenters. The molecule has 164 valence electrons. The fourth-order valence-electron chi connectivity index (χ4n) is 3.83. The van der Waals surface area contributed by atoms with E-state index in [2.05, 4.69) is 42.5 Å². The summed E-state index contributed by atoms with van der Waals surface area (Å²) in [6.07, 6.45) is -3.02. The number of hydrogen-bond donors (Lipinski definition) is 7. The van der Waals surface area contributed by atoms with E-state index in [9.17, 15) is 25.5 Å². The predicted molar refractivity (Wildman–Crippen MR) is 114 cm³/mol. The van der Waals surface area contributed by atoms with Gasteiger partial charge in [0.25, 0.3) is 0 Å². The number of benzene rings is 1. The molecule has 0 spiro atoms. The minimum Gasteiger partial charge on any atom is -0.394 e. The van der Waals surface area contributed by atoms with Crippen molar-refractivity contribution in [2.45, 2.75) is 75.0 Å². The van der Waals surface area contributed by atoms with Crippen molar-refractivity contribution in [1.82, 2.24) is 5.32 Å². The molecule has 8 nitrogen and oxygen atoms in total. The highest BCUT2D eigenvalue weighted by Gasteiger charge is 2.43. The average Bonchev–Trinajstić information content (AvgIpc) is 2.69. The summed E-state index contributed by atoms with van der Waals surface area (Å²) < 4.78 is 7.19. The van der Waals surface area contributed by atoms with E-state index in [1.165, 1.54) is 0 Å². The number of halogens is 2. The van der Waals surface area contributed by atoms with Gasteiger partial charge >= 0.3 is 0 Å². The molecule has 2 fully saturated rings. The molecule has 0 amide bonds. The Bertz CT molecular complexity index is 687. The van der Waals surface area contributed by atoms with Gasteiger partial charge in [-0.1, -0.05) is 15.9 Å². The summed E-state index contributed by atoms with van der Waals surface area (Å²) >= 11 is 7.02. The van der Waals surface area contributed by atoms with Gasteiger partial charge < -0.3 is 40.9 Å². The average molecular weight is 540 g/mol. The first-order valence-electron chi connectivity index (χ1n) is 9.76. The molecule has 1 saturated heterocycles. The van der Waals surface area contributed by atoms with Gasteiger partial charge in [-0.25, -0.2) is 0 Å². The standard InChI is InChI=1S/C19H28Br2N2O6/c20-10-5-9(7-22-11-1-3-12(25)4-2-11)15(13(21)6-10)23-19-18(28)17(27)16(26)14(8-24)29-19/h5-6,11-12,14,16-19,22-28H,1-4,7-8H2/t11?,12?,14-,16-,17+,18-,19-/m1/s1. The second kappa shape index (κ2) is 10.3. The fraction of sp³-hybridized carbons (Fsp3) is 0.684. The predicted octanol–water partition coefficient (Wildman–Crippen LogP) is 0.816. The Hall–Kier alpha value is -0.300. The molecule has 1 aliphatic heterocycles. The second-order valence-electron chi connectivity index (χ2n) is 7.70. The lowest BCUT2D eigenvalue weighted by Gasteiger charge is -2.40. The Balaban J connectivity index is 1.74. The largest absolute Gasteiger partial charge is 0.394 e. The quantitative estimate of drug-likeness (QED) is 0.282. The summed E-state index contributed by atoms with van der Waals surface area (Å²) in [4.78, 5) is 0. The van der Waals surface area contributed by atoms with Gasteiger partial charge in [-0.3, -0.25) is 0 Å². The molecule has 3 rings (SSSR count). The molecular weight excluding hydrogens is 512 g/mol. The number of rotatable bonds is 6. The van der Waals surface area contributed by atoms with Crippen LogP contribution in [-0.2, 0) is 11.3 Å². The number of anilines is 1. The Morgan fingerprint density at radius 2 is 1.66 bits per heavy atom. The third-order valence-corrected chi connectivity index (χ3v) is 6.68. The fourth-order valence-corrected chi connectivity index (χ4v) is 5.25. The van der Waals surface area contributed by atoms with Crippen molar-refractivity contribution >= 4 is 37.5 Å². The van der Waals surface area contributed by atoms with Crippen LogP contribution in [0.1, 0.15) is 31.2 Å². The van der Waals surface area contributed by atoms with Crippen molar-refractivity contribution in [3.63, 3.8) is 0 Å². The van der Waals surface area contributed by atoms with E-state index < -0.39 is 37.3 Å². The molecular formula is C19H28Br2N2O6.